The van der Waals surface area contributed by atoms with Crippen LogP contribution in [0, 0.1) is 22.7 Å². The van der Waals surface area contributed by atoms with Crippen LogP contribution < -0.4 is 10.1 Å². The highest BCUT2D eigenvalue weighted by molar-refractivity contribution is 7.16. The van der Waals surface area contributed by atoms with E-state index in [1.807, 2.05) is 6.07 Å². The van der Waals surface area contributed by atoms with Crippen molar-refractivity contribution in [1.82, 2.24) is 0 Å². The van der Waals surface area contributed by atoms with Gasteiger partial charge in [0, 0.05) is 4.88 Å². The molecule has 1 aliphatic carbocycles. The summed E-state index contributed by atoms with van der Waals surface area (Å²) in [7, 11) is 1.44. The molecule has 0 bridgehead atoms. The number of fused-ring (bicyclic) bond motifs is 1. The van der Waals surface area contributed by atoms with Crippen molar-refractivity contribution < 1.29 is 14.6 Å². The van der Waals surface area contributed by atoms with Gasteiger partial charge in [-0.3, -0.25) is 4.79 Å². The Kier molecular flexibility index (Phi) is 5.44. The number of nitrogens with one attached hydrogen (secondary N) is 1. The Morgan fingerprint density at radius 3 is 2.78 bits per heavy atom. The van der Waals surface area contributed by atoms with Crippen LogP contribution in [0.2, 0.25) is 0 Å². The average Bonchev–Trinajstić information content (AvgIpc) is 3.02. The van der Waals surface area contributed by atoms with Crippen LogP contribution in [-0.2, 0) is 17.6 Å². The van der Waals surface area contributed by atoms with Crippen LogP contribution in [0.15, 0.2) is 23.8 Å². The molecule has 0 atom stereocenters. The lowest BCUT2D eigenvalue weighted by atomic mass is 9.96. The topological polar surface area (TPSA) is 106 Å². The fourth-order valence-corrected chi connectivity index (χ4v) is 4.29. The van der Waals surface area contributed by atoms with Gasteiger partial charge in [0.2, 0.25) is 0 Å². The van der Waals surface area contributed by atoms with Crippen LogP contribution in [0.3, 0.4) is 0 Å². The van der Waals surface area contributed by atoms with Gasteiger partial charge in [-0.05, 0) is 55.0 Å². The Morgan fingerprint density at radius 2 is 2.11 bits per heavy atom. The van der Waals surface area contributed by atoms with E-state index in [0.29, 0.717) is 21.9 Å². The number of benzene rings is 1. The quantitative estimate of drug-likeness (QED) is 0.621. The SMILES string of the molecule is COc1ccc(/C=C(\C#N)C(=O)Nc2sc3c(c2C#N)CCCC3)cc1O. The van der Waals surface area contributed by atoms with Gasteiger partial charge in [-0.25, -0.2) is 0 Å². The third kappa shape index (κ3) is 3.79. The minimum atomic E-state index is -0.581. The van der Waals surface area contributed by atoms with Gasteiger partial charge in [0.1, 0.15) is 22.7 Å². The number of nitriles is 2. The number of phenols is 1. The second kappa shape index (κ2) is 7.94. The van der Waals surface area contributed by atoms with Gasteiger partial charge >= 0.3 is 0 Å². The van der Waals surface area contributed by atoms with Crippen molar-refractivity contribution in [3.8, 4) is 23.6 Å². The predicted octanol–water partition coefficient (Wildman–Crippen LogP) is 3.76. The number of thiophene rings is 1. The molecule has 1 amide bonds. The molecule has 1 aromatic carbocycles. The Labute approximate surface area is 160 Å². The van der Waals surface area contributed by atoms with Crippen molar-refractivity contribution in [2.45, 2.75) is 25.7 Å². The summed E-state index contributed by atoms with van der Waals surface area (Å²) in [6.07, 6.45) is 5.26. The van der Waals surface area contributed by atoms with Gasteiger partial charge in [0.25, 0.3) is 5.91 Å². The lowest BCUT2D eigenvalue weighted by Crippen LogP contribution is -2.13. The second-order valence-corrected chi connectivity index (χ2v) is 7.19. The molecule has 7 heteroatoms. The van der Waals surface area contributed by atoms with E-state index in [1.54, 1.807) is 12.1 Å². The highest BCUT2D eigenvalue weighted by Crippen LogP contribution is 2.37. The summed E-state index contributed by atoms with van der Waals surface area (Å²) in [4.78, 5) is 13.7. The first-order valence-electron chi connectivity index (χ1n) is 8.42. The number of hydrogen-bond acceptors (Lipinski definition) is 6. The summed E-state index contributed by atoms with van der Waals surface area (Å²) in [6, 6.07) is 8.65. The average molecular weight is 379 g/mol. The normalized spacial score (nSPS) is 13.2. The van der Waals surface area contributed by atoms with Gasteiger partial charge < -0.3 is 15.2 Å². The van der Waals surface area contributed by atoms with Crippen molar-refractivity contribution in [2.75, 3.05) is 12.4 Å². The third-order valence-corrected chi connectivity index (χ3v) is 5.60. The molecule has 1 aromatic heterocycles. The molecule has 3 rings (SSSR count). The van der Waals surface area contributed by atoms with Crippen LogP contribution in [0.4, 0.5) is 5.00 Å². The highest BCUT2D eigenvalue weighted by Gasteiger charge is 2.22. The standard InChI is InChI=1S/C20H17N3O3S/c1-26-17-7-6-12(9-16(17)24)8-13(10-21)19(25)23-20-15(11-22)14-4-2-3-5-18(14)27-20/h6-9,24H,2-5H2,1H3,(H,23,25)/b13-8+. The number of phenolic OH excluding ortho intramolecular Hbond substituents is 1. The van der Waals surface area contributed by atoms with E-state index >= 15 is 0 Å². The minimum absolute atomic E-state index is 0.0818. The molecule has 1 heterocycles. The number of amides is 1. The summed E-state index contributed by atoms with van der Waals surface area (Å²) in [5, 5.41) is 31.9. The van der Waals surface area contributed by atoms with Crippen molar-refractivity contribution in [2.24, 2.45) is 0 Å². The smallest absolute Gasteiger partial charge is 0.266 e. The van der Waals surface area contributed by atoms with Crippen LogP contribution in [0.25, 0.3) is 6.08 Å². The summed E-state index contributed by atoms with van der Waals surface area (Å²) in [5.41, 5.74) is 1.90. The van der Waals surface area contributed by atoms with Gasteiger partial charge in [-0.15, -0.1) is 11.3 Å². The van der Waals surface area contributed by atoms with E-state index in [-0.39, 0.29) is 11.3 Å². The number of nitrogens with zero attached hydrogens (tertiary/aromatic N) is 2. The number of anilines is 1. The third-order valence-electron chi connectivity index (χ3n) is 4.39. The predicted molar refractivity (Wildman–Crippen MR) is 103 cm³/mol. The summed E-state index contributed by atoms with van der Waals surface area (Å²) >= 11 is 1.41. The van der Waals surface area contributed by atoms with Crippen molar-refractivity contribution in [1.29, 1.82) is 10.5 Å². The molecule has 0 saturated carbocycles. The Bertz CT molecular complexity index is 1010. The fourth-order valence-electron chi connectivity index (χ4n) is 3.05. The van der Waals surface area contributed by atoms with Crippen molar-refractivity contribution in [3.05, 3.63) is 45.3 Å². The van der Waals surface area contributed by atoms with Gasteiger partial charge in [0.05, 0.1) is 12.7 Å². The molecule has 0 saturated heterocycles. The molecule has 2 N–H and O–H groups in total. The highest BCUT2D eigenvalue weighted by atomic mass is 32.1. The number of carbonyl (C=O) groups is 1. The zero-order chi connectivity index (χ0) is 19.4. The second-order valence-electron chi connectivity index (χ2n) is 6.08. The summed E-state index contributed by atoms with van der Waals surface area (Å²) in [5.74, 6) is -0.359. The maximum Gasteiger partial charge on any atom is 0.266 e. The van der Waals surface area contributed by atoms with Crippen LogP contribution in [-0.4, -0.2) is 18.1 Å². The molecule has 0 spiro atoms. The molecule has 0 aliphatic heterocycles. The molecular weight excluding hydrogens is 362 g/mol. The van der Waals surface area contributed by atoms with Gasteiger partial charge in [-0.1, -0.05) is 6.07 Å². The molecule has 1 aliphatic rings. The van der Waals surface area contributed by atoms with E-state index in [9.17, 15) is 20.4 Å². The molecule has 6 nitrogen and oxygen atoms in total. The van der Waals surface area contributed by atoms with Gasteiger partial charge in [0.15, 0.2) is 11.5 Å². The number of ether oxygens (including phenoxy) is 1. The number of aromatic hydroxyl groups is 1. The Hall–Kier alpha value is -3.29. The molecule has 136 valence electrons. The minimum Gasteiger partial charge on any atom is -0.504 e. The first-order chi connectivity index (χ1) is 13.1. The number of rotatable bonds is 4. The lowest BCUT2D eigenvalue weighted by molar-refractivity contribution is -0.112. The van der Waals surface area contributed by atoms with E-state index in [4.69, 9.17) is 4.74 Å². The van der Waals surface area contributed by atoms with E-state index < -0.39 is 5.91 Å². The number of hydrogen-bond donors (Lipinski definition) is 2. The maximum absolute atomic E-state index is 12.5. The fraction of sp³-hybridized carbons (Fsp3) is 0.250. The molecule has 0 fully saturated rings. The van der Waals surface area contributed by atoms with E-state index in [0.717, 1.165) is 36.1 Å². The van der Waals surface area contributed by atoms with E-state index in [2.05, 4.69) is 11.4 Å². The number of carbonyl (C=O) groups excluding carboxylic acids is 1. The summed E-state index contributed by atoms with van der Waals surface area (Å²) in [6.45, 7) is 0. The molecule has 27 heavy (non-hydrogen) atoms. The largest absolute Gasteiger partial charge is 0.504 e. The zero-order valence-corrected chi connectivity index (χ0v) is 15.5. The molecule has 2 aromatic rings. The molecule has 0 unspecified atom stereocenters. The van der Waals surface area contributed by atoms with Crippen LogP contribution >= 0.6 is 11.3 Å². The number of methoxy groups -OCH3 is 1. The van der Waals surface area contributed by atoms with Crippen LogP contribution in [0.1, 0.15) is 34.4 Å². The van der Waals surface area contributed by atoms with Crippen molar-refractivity contribution >= 4 is 28.3 Å². The van der Waals surface area contributed by atoms with Gasteiger partial charge in [-0.2, -0.15) is 10.5 Å². The Morgan fingerprint density at radius 1 is 1.33 bits per heavy atom. The van der Waals surface area contributed by atoms with E-state index in [1.165, 1.54) is 30.6 Å². The lowest BCUT2D eigenvalue weighted by Gasteiger charge is -2.09. The number of aryl methyl sites for hydroxylation is 1. The van der Waals surface area contributed by atoms with Crippen LogP contribution in [0.5, 0.6) is 11.5 Å². The monoisotopic (exact) mass is 379 g/mol. The summed E-state index contributed by atoms with van der Waals surface area (Å²) < 4.78 is 4.98. The first-order valence-corrected chi connectivity index (χ1v) is 9.23. The molecular formula is C20H17N3O3S. The van der Waals surface area contributed by atoms with Crippen molar-refractivity contribution in [3.63, 3.8) is 0 Å². The first kappa shape index (κ1) is 18.5. The zero-order valence-electron chi connectivity index (χ0n) is 14.7. The molecule has 0 radical (unpaired) electrons. The maximum atomic E-state index is 12.5. The Balaban J connectivity index is 1.86.